The molecule has 2 N–H and O–H groups in total. The van der Waals surface area contributed by atoms with Gasteiger partial charge in [-0.1, -0.05) is 6.07 Å². The summed E-state index contributed by atoms with van der Waals surface area (Å²) in [5, 5.41) is 6.65. The molecule has 1 heterocycles. The molecule has 0 radical (unpaired) electrons. The number of morpholine rings is 1. The van der Waals surface area contributed by atoms with Gasteiger partial charge in [0.2, 0.25) is 0 Å². The van der Waals surface area contributed by atoms with Gasteiger partial charge in [-0.3, -0.25) is 9.89 Å². The van der Waals surface area contributed by atoms with Crippen LogP contribution in [0.3, 0.4) is 0 Å². The molecule has 6 heteroatoms. The highest BCUT2D eigenvalue weighted by molar-refractivity contribution is 5.79. The van der Waals surface area contributed by atoms with Gasteiger partial charge >= 0.3 is 0 Å². The lowest BCUT2D eigenvalue weighted by atomic mass is 10.1. The van der Waals surface area contributed by atoms with Crippen LogP contribution in [0.15, 0.2) is 23.2 Å². The quantitative estimate of drug-likeness (QED) is 0.421. The van der Waals surface area contributed by atoms with Gasteiger partial charge in [-0.25, -0.2) is 0 Å². The van der Waals surface area contributed by atoms with E-state index in [4.69, 9.17) is 14.5 Å². The fraction of sp³-hybridized carbons (Fsp3) is 0.650. The molecule has 2 rings (SSSR count). The third-order valence-corrected chi connectivity index (χ3v) is 4.39. The number of aryl methyl sites for hydroxylation is 2. The monoisotopic (exact) mass is 362 g/mol. The SMILES string of the molecule is CCNC(=NCC(C)N1CCOCC1)NCCOc1cc(C)cc(C)c1. The van der Waals surface area contributed by atoms with Crippen LogP contribution < -0.4 is 15.4 Å². The van der Waals surface area contributed by atoms with E-state index in [1.165, 1.54) is 11.1 Å². The van der Waals surface area contributed by atoms with Crippen LogP contribution in [0, 0.1) is 13.8 Å². The van der Waals surface area contributed by atoms with Crippen LogP contribution >= 0.6 is 0 Å². The lowest BCUT2D eigenvalue weighted by molar-refractivity contribution is 0.0220. The van der Waals surface area contributed by atoms with Crippen molar-refractivity contribution in [3.05, 3.63) is 29.3 Å². The molecule has 0 bridgehead atoms. The third kappa shape index (κ3) is 7.22. The molecule has 1 aromatic carbocycles. The summed E-state index contributed by atoms with van der Waals surface area (Å²) in [7, 11) is 0. The second kappa shape index (κ2) is 11.0. The predicted molar refractivity (Wildman–Crippen MR) is 107 cm³/mol. The number of rotatable bonds is 8. The highest BCUT2D eigenvalue weighted by Crippen LogP contribution is 2.15. The lowest BCUT2D eigenvalue weighted by Crippen LogP contribution is -2.44. The highest BCUT2D eigenvalue weighted by Gasteiger charge is 2.16. The average Bonchev–Trinajstić information content (AvgIpc) is 2.62. The number of hydrogen-bond donors (Lipinski definition) is 2. The molecule has 1 aromatic rings. The Morgan fingerprint density at radius 3 is 2.54 bits per heavy atom. The van der Waals surface area contributed by atoms with E-state index in [0.717, 1.165) is 51.1 Å². The molecule has 0 saturated carbocycles. The number of nitrogens with one attached hydrogen (secondary N) is 2. The summed E-state index contributed by atoms with van der Waals surface area (Å²) in [6.07, 6.45) is 0. The van der Waals surface area contributed by atoms with Crippen LogP contribution in [0.1, 0.15) is 25.0 Å². The Kier molecular flexibility index (Phi) is 8.71. The van der Waals surface area contributed by atoms with Crippen molar-refractivity contribution in [2.24, 2.45) is 4.99 Å². The first kappa shape index (κ1) is 20.5. The van der Waals surface area contributed by atoms with E-state index in [9.17, 15) is 0 Å². The van der Waals surface area contributed by atoms with Gasteiger partial charge in [-0.15, -0.1) is 0 Å². The summed E-state index contributed by atoms with van der Waals surface area (Å²) in [5.74, 6) is 1.77. The van der Waals surface area contributed by atoms with E-state index >= 15 is 0 Å². The summed E-state index contributed by atoms with van der Waals surface area (Å²) >= 11 is 0. The largest absolute Gasteiger partial charge is 0.492 e. The molecular weight excluding hydrogens is 328 g/mol. The van der Waals surface area contributed by atoms with E-state index in [2.05, 4.69) is 61.4 Å². The first-order chi connectivity index (χ1) is 12.6. The van der Waals surface area contributed by atoms with Crippen LogP contribution in [0.25, 0.3) is 0 Å². The fourth-order valence-electron chi connectivity index (χ4n) is 3.05. The van der Waals surface area contributed by atoms with Crippen LogP contribution in [-0.2, 0) is 4.74 Å². The zero-order valence-corrected chi connectivity index (χ0v) is 16.7. The minimum absolute atomic E-state index is 0.417. The molecule has 146 valence electrons. The van der Waals surface area contributed by atoms with E-state index in [0.29, 0.717) is 19.2 Å². The van der Waals surface area contributed by atoms with Gasteiger partial charge in [0.25, 0.3) is 0 Å². The number of guanidine groups is 1. The second-order valence-electron chi connectivity index (χ2n) is 6.82. The number of aliphatic imine (C=N–C) groups is 1. The van der Waals surface area contributed by atoms with Crippen molar-refractivity contribution < 1.29 is 9.47 Å². The molecule has 0 aliphatic carbocycles. The number of nitrogens with zero attached hydrogens (tertiary/aromatic N) is 2. The van der Waals surface area contributed by atoms with Gasteiger partial charge in [-0.05, 0) is 51.0 Å². The Bertz CT molecular complexity index is 551. The normalized spacial score (nSPS) is 17.0. The Balaban J connectivity index is 1.75. The first-order valence-corrected chi connectivity index (χ1v) is 9.63. The van der Waals surface area contributed by atoms with Crippen molar-refractivity contribution in [1.82, 2.24) is 15.5 Å². The third-order valence-electron chi connectivity index (χ3n) is 4.39. The van der Waals surface area contributed by atoms with Crippen molar-refractivity contribution in [3.8, 4) is 5.75 Å². The number of benzene rings is 1. The molecule has 1 unspecified atom stereocenters. The van der Waals surface area contributed by atoms with Crippen molar-refractivity contribution in [3.63, 3.8) is 0 Å². The van der Waals surface area contributed by atoms with Crippen molar-refractivity contribution in [2.75, 3.05) is 52.5 Å². The molecule has 26 heavy (non-hydrogen) atoms. The fourth-order valence-corrected chi connectivity index (χ4v) is 3.05. The molecule has 0 aromatic heterocycles. The summed E-state index contributed by atoms with van der Waals surface area (Å²) in [4.78, 5) is 7.15. The Morgan fingerprint density at radius 2 is 1.88 bits per heavy atom. The first-order valence-electron chi connectivity index (χ1n) is 9.63. The van der Waals surface area contributed by atoms with E-state index in [1.54, 1.807) is 0 Å². The van der Waals surface area contributed by atoms with Gasteiger partial charge in [0.1, 0.15) is 12.4 Å². The zero-order valence-electron chi connectivity index (χ0n) is 16.7. The molecule has 1 aliphatic rings. The van der Waals surface area contributed by atoms with Gasteiger partial charge in [0, 0.05) is 25.7 Å². The zero-order chi connectivity index (χ0) is 18.8. The number of ether oxygens (including phenoxy) is 2. The smallest absolute Gasteiger partial charge is 0.191 e. The van der Waals surface area contributed by atoms with Crippen molar-refractivity contribution in [1.29, 1.82) is 0 Å². The van der Waals surface area contributed by atoms with Crippen molar-refractivity contribution in [2.45, 2.75) is 33.7 Å². The highest BCUT2D eigenvalue weighted by atomic mass is 16.5. The molecular formula is C20H34N4O2. The van der Waals surface area contributed by atoms with Crippen LogP contribution in [0.4, 0.5) is 0 Å². The molecule has 1 aliphatic heterocycles. The maximum atomic E-state index is 5.85. The topological polar surface area (TPSA) is 58.1 Å². The summed E-state index contributed by atoms with van der Waals surface area (Å²) in [6.45, 7) is 15.0. The van der Waals surface area contributed by atoms with Crippen LogP contribution in [0.2, 0.25) is 0 Å². The summed E-state index contributed by atoms with van der Waals surface area (Å²) in [5.41, 5.74) is 2.44. The standard InChI is InChI=1S/C20H34N4O2/c1-5-21-20(23-15-18(4)24-7-10-25-11-8-24)22-6-9-26-19-13-16(2)12-17(3)14-19/h12-14,18H,5-11,15H2,1-4H3,(H2,21,22,23). The van der Waals surface area contributed by atoms with Crippen molar-refractivity contribution >= 4 is 5.96 Å². The lowest BCUT2D eigenvalue weighted by Gasteiger charge is -2.31. The predicted octanol–water partition coefficient (Wildman–Crippen LogP) is 1.96. The Morgan fingerprint density at radius 1 is 1.19 bits per heavy atom. The molecule has 0 spiro atoms. The second-order valence-corrected chi connectivity index (χ2v) is 6.82. The average molecular weight is 363 g/mol. The number of hydrogen-bond acceptors (Lipinski definition) is 4. The summed E-state index contributed by atoms with van der Waals surface area (Å²) < 4.78 is 11.3. The molecule has 6 nitrogen and oxygen atoms in total. The Labute approximate surface area is 158 Å². The van der Waals surface area contributed by atoms with E-state index in [-0.39, 0.29) is 0 Å². The molecule has 1 saturated heterocycles. The van der Waals surface area contributed by atoms with Gasteiger partial charge in [0.15, 0.2) is 5.96 Å². The Hall–Kier alpha value is -1.79. The maximum absolute atomic E-state index is 5.85. The molecule has 1 fully saturated rings. The van der Waals surface area contributed by atoms with Crippen LogP contribution in [0.5, 0.6) is 5.75 Å². The van der Waals surface area contributed by atoms with E-state index in [1.807, 2.05) is 0 Å². The van der Waals surface area contributed by atoms with Gasteiger partial charge in [0.05, 0.1) is 26.3 Å². The minimum Gasteiger partial charge on any atom is -0.492 e. The summed E-state index contributed by atoms with van der Waals surface area (Å²) in [6, 6.07) is 6.70. The van der Waals surface area contributed by atoms with Gasteiger partial charge < -0.3 is 20.1 Å². The van der Waals surface area contributed by atoms with Crippen LogP contribution in [-0.4, -0.2) is 69.4 Å². The minimum atomic E-state index is 0.417. The maximum Gasteiger partial charge on any atom is 0.191 e. The van der Waals surface area contributed by atoms with E-state index < -0.39 is 0 Å². The molecule has 0 amide bonds. The van der Waals surface area contributed by atoms with Gasteiger partial charge in [-0.2, -0.15) is 0 Å². The molecule has 1 atom stereocenters.